The molecule has 0 bridgehead atoms. The molecule has 0 atom stereocenters. The summed E-state index contributed by atoms with van der Waals surface area (Å²) in [6.45, 7) is 4.28. The first-order valence-electron chi connectivity index (χ1n) is 10.8. The summed E-state index contributed by atoms with van der Waals surface area (Å²) in [5.74, 6) is 0. The van der Waals surface area contributed by atoms with Gasteiger partial charge in [0.1, 0.15) is 0 Å². The predicted octanol–water partition coefficient (Wildman–Crippen LogP) is 6.44. The van der Waals surface area contributed by atoms with E-state index in [1.165, 1.54) is 60.2 Å². The SMILES string of the molecule is C1=NCc2ccc(-c3ccsc3)cc2C1=CNc1ccc(CN2CCCCC2)cc1. The highest BCUT2D eigenvalue weighted by Crippen LogP contribution is 2.30. The predicted molar refractivity (Wildman–Crippen MR) is 129 cm³/mol. The fourth-order valence-corrected chi connectivity index (χ4v) is 4.93. The molecule has 2 aliphatic rings. The number of thiophene rings is 1. The normalized spacial score (nSPS) is 17.8. The van der Waals surface area contributed by atoms with Crippen molar-refractivity contribution in [3.8, 4) is 11.1 Å². The Morgan fingerprint density at radius 3 is 2.63 bits per heavy atom. The maximum atomic E-state index is 4.55. The average molecular weight is 414 g/mol. The van der Waals surface area contributed by atoms with Crippen molar-refractivity contribution in [2.24, 2.45) is 4.99 Å². The molecule has 1 aromatic heterocycles. The third kappa shape index (κ3) is 4.40. The molecule has 0 aliphatic carbocycles. The number of aliphatic imine (C=N–C) groups is 1. The molecule has 1 saturated heterocycles. The van der Waals surface area contributed by atoms with Crippen molar-refractivity contribution < 1.29 is 0 Å². The van der Waals surface area contributed by atoms with Crippen molar-refractivity contribution in [1.29, 1.82) is 0 Å². The van der Waals surface area contributed by atoms with Crippen LogP contribution in [0.3, 0.4) is 0 Å². The zero-order valence-electron chi connectivity index (χ0n) is 17.2. The second kappa shape index (κ2) is 8.99. The molecule has 2 aliphatic heterocycles. The molecule has 3 aromatic rings. The van der Waals surface area contributed by atoms with Gasteiger partial charge in [-0.1, -0.05) is 30.7 Å². The molecule has 0 amide bonds. The quantitative estimate of drug-likeness (QED) is 0.521. The molecule has 0 unspecified atom stereocenters. The Labute approximate surface area is 182 Å². The van der Waals surface area contributed by atoms with Gasteiger partial charge in [0.2, 0.25) is 0 Å². The van der Waals surface area contributed by atoms with Crippen LogP contribution in [0.4, 0.5) is 5.69 Å². The van der Waals surface area contributed by atoms with E-state index in [1.54, 1.807) is 11.3 Å². The van der Waals surface area contributed by atoms with Crippen molar-refractivity contribution in [3.63, 3.8) is 0 Å². The van der Waals surface area contributed by atoms with Crippen LogP contribution < -0.4 is 5.32 Å². The van der Waals surface area contributed by atoms with Gasteiger partial charge < -0.3 is 5.32 Å². The van der Waals surface area contributed by atoms with Crippen molar-refractivity contribution in [2.45, 2.75) is 32.4 Å². The maximum Gasteiger partial charge on any atom is 0.0646 e. The first-order valence-corrected chi connectivity index (χ1v) is 11.7. The summed E-state index contributed by atoms with van der Waals surface area (Å²) >= 11 is 1.74. The molecule has 2 aromatic carbocycles. The first kappa shape index (κ1) is 19.3. The van der Waals surface area contributed by atoms with E-state index in [2.05, 4.69) is 80.7 Å². The second-order valence-electron chi connectivity index (χ2n) is 8.13. The highest BCUT2D eigenvalue weighted by molar-refractivity contribution is 7.08. The molecule has 1 N–H and O–H groups in total. The van der Waals surface area contributed by atoms with E-state index in [0.29, 0.717) is 0 Å². The summed E-state index contributed by atoms with van der Waals surface area (Å²) in [5, 5.41) is 7.80. The third-order valence-electron chi connectivity index (χ3n) is 5.97. The number of likely N-dealkylation sites (tertiary alicyclic amines) is 1. The van der Waals surface area contributed by atoms with Gasteiger partial charge in [0, 0.05) is 30.2 Å². The van der Waals surface area contributed by atoms with Gasteiger partial charge >= 0.3 is 0 Å². The largest absolute Gasteiger partial charge is 0.361 e. The molecule has 30 heavy (non-hydrogen) atoms. The number of benzene rings is 2. The van der Waals surface area contributed by atoms with Gasteiger partial charge in [-0.15, -0.1) is 0 Å². The zero-order chi connectivity index (χ0) is 20.2. The van der Waals surface area contributed by atoms with Gasteiger partial charge in [0.15, 0.2) is 0 Å². The molecule has 0 spiro atoms. The second-order valence-corrected chi connectivity index (χ2v) is 8.91. The molecule has 0 radical (unpaired) electrons. The Kier molecular flexibility index (Phi) is 5.78. The van der Waals surface area contributed by atoms with Crippen LogP contribution in [0, 0.1) is 0 Å². The van der Waals surface area contributed by atoms with Crippen LogP contribution in [0.25, 0.3) is 16.7 Å². The summed E-state index contributed by atoms with van der Waals surface area (Å²) < 4.78 is 0. The number of hydrogen-bond donors (Lipinski definition) is 1. The van der Waals surface area contributed by atoms with E-state index >= 15 is 0 Å². The minimum atomic E-state index is 0.752. The van der Waals surface area contributed by atoms with Gasteiger partial charge in [-0.05, 0) is 88.8 Å². The molecule has 152 valence electrons. The summed E-state index contributed by atoms with van der Waals surface area (Å²) in [6, 6.07) is 17.7. The molecule has 3 nitrogen and oxygen atoms in total. The van der Waals surface area contributed by atoms with Crippen LogP contribution in [-0.2, 0) is 13.1 Å². The van der Waals surface area contributed by atoms with E-state index in [1.807, 2.05) is 6.21 Å². The number of nitrogens with one attached hydrogen (secondary N) is 1. The van der Waals surface area contributed by atoms with Crippen LogP contribution in [0.5, 0.6) is 0 Å². The molecule has 4 heteroatoms. The summed E-state index contributed by atoms with van der Waals surface area (Å²) in [7, 11) is 0. The average Bonchev–Trinajstić information content (AvgIpc) is 3.34. The zero-order valence-corrected chi connectivity index (χ0v) is 18.0. The first-order chi connectivity index (χ1) is 14.8. The monoisotopic (exact) mass is 413 g/mol. The number of nitrogens with zero attached hydrogens (tertiary/aromatic N) is 2. The minimum Gasteiger partial charge on any atom is -0.361 e. The minimum absolute atomic E-state index is 0.752. The van der Waals surface area contributed by atoms with E-state index in [-0.39, 0.29) is 0 Å². The van der Waals surface area contributed by atoms with Gasteiger partial charge in [-0.25, -0.2) is 0 Å². The number of allylic oxidation sites excluding steroid dienone is 1. The van der Waals surface area contributed by atoms with Crippen LogP contribution in [0.15, 0.2) is 70.5 Å². The molecule has 1 fully saturated rings. The Bertz CT molecular complexity index is 1040. The number of hydrogen-bond acceptors (Lipinski definition) is 4. The van der Waals surface area contributed by atoms with E-state index in [4.69, 9.17) is 0 Å². The van der Waals surface area contributed by atoms with Crippen LogP contribution >= 0.6 is 11.3 Å². The highest BCUT2D eigenvalue weighted by atomic mass is 32.1. The Balaban J connectivity index is 1.30. The van der Waals surface area contributed by atoms with Gasteiger partial charge in [-0.3, -0.25) is 9.89 Å². The summed E-state index contributed by atoms with van der Waals surface area (Å²) in [6.07, 6.45) is 8.12. The molecule has 3 heterocycles. The Morgan fingerprint density at radius 2 is 1.83 bits per heavy atom. The van der Waals surface area contributed by atoms with Crippen molar-refractivity contribution in [1.82, 2.24) is 4.90 Å². The van der Waals surface area contributed by atoms with E-state index < -0.39 is 0 Å². The maximum absolute atomic E-state index is 4.55. The van der Waals surface area contributed by atoms with Crippen molar-refractivity contribution >= 4 is 28.8 Å². The third-order valence-corrected chi connectivity index (χ3v) is 6.65. The molecule has 0 saturated carbocycles. The standard InChI is InChI=1S/C26H27N3S/c1-2-11-29(12-3-1)18-20-4-8-25(9-5-20)28-17-24-16-27-15-22-7-6-21(14-26(22)24)23-10-13-30-19-23/h4-10,13-14,16-17,19,28H,1-3,11-12,15,18H2. The van der Waals surface area contributed by atoms with Gasteiger partial charge in [0.25, 0.3) is 0 Å². The lowest BCUT2D eigenvalue weighted by molar-refractivity contribution is 0.221. The van der Waals surface area contributed by atoms with E-state index in [9.17, 15) is 0 Å². The number of rotatable bonds is 5. The lowest BCUT2D eigenvalue weighted by Crippen LogP contribution is -2.29. The highest BCUT2D eigenvalue weighted by Gasteiger charge is 2.13. The summed E-state index contributed by atoms with van der Waals surface area (Å²) in [4.78, 5) is 7.11. The fraction of sp³-hybridized carbons (Fsp3) is 0.269. The summed E-state index contributed by atoms with van der Waals surface area (Å²) in [5.41, 5.74) is 8.72. The smallest absolute Gasteiger partial charge is 0.0646 e. The number of anilines is 1. The van der Waals surface area contributed by atoms with Crippen LogP contribution in [-0.4, -0.2) is 24.2 Å². The number of fused-ring (bicyclic) bond motifs is 1. The van der Waals surface area contributed by atoms with Gasteiger partial charge in [0.05, 0.1) is 6.54 Å². The van der Waals surface area contributed by atoms with Crippen molar-refractivity contribution in [3.05, 3.63) is 82.2 Å². The van der Waals surface area contributed by atoms with Gasteiger partial charge in [-0.2, -0.15) is 11.3 Å². The van der Waals surface area contributed by atoms with E-state index in [0.717, 1.165) is 24.4 Å². The van der Waals surface area contributed by atoms with Crippen LogP contribution in [0.2, 0.25) is 0 Å². The number of piperidine rings is 1. The Hall–Kier alpha value is -2.69. The lowest BCUT2D eigenvalue weighted by Gasteiger charge is -2.26. The topological polar surface area (TPSA) is 27.6 Å². The lowest BCUT2D eigenvalue weighted by atomic mass is 9.94. The fourth-order valence-electron chi connectivity index (χ4n) is 4.26. The molecule has 5 rings (SSSR count). The van der Waals surface area contributed by atoms with Crippen LogP contribution in [0.1, 0.15) is 36.0 Å². The van der Waals surface area contributed by atoms with Crippen molar-refractivity contribution in [2.75, 3.05) is 18.4 Å². The Morgan fingerprint density at radius 1 is 0.967 bits per heavy atom. The molecular formula is C26H27N3S. The molecular weight excluding hydrogens is 386 g/mol.